The molecule has 24 heavy (non-hydrogen) atoms. The standard InChI is InChI=1S/C14H18N4O5S/c1-5-12(19)22-9-8-18(4)10-6-7-11(24(20,21)17(2)3)14-13(10)15-23-16-14/h5-7H,1,8-9H2,2-4H3. The van der Waals surface area contributed by atoms with Crippen LogP contribution in [0.2, 0.25) is 0 Å². The number of nitrogens with zero attached hydrogens (tertiary/aromatic N) is 4. The van der Waals surface area contributed by atoms with Crippen LogP contribution in [0.3, 0.4) is 0 Å². The maximum atomic E-state index is 12.3. The summed E-state index contributed by atoms with van der Waals surface area (Å²) in [6.07, 6.45) is 1.08. The lowest BCUT2D eigenvalue weighted by molar-refractivity contribution is -0.137. The molecule has 1 aromatic heterocycles. The Hall–Kier alpha value is -2.46. The lowest BCUT2D eigenvalue weighted by atomic mass is 10.2. The molecule has 0 aliphatic rings. The van der Waals surface area contributed by atoms with Gasteiger partial charge in [-0.2, -0.15) is 0 Å². The van der Waals surface area contributed by atoms with Gasteiger partial charge in [0.1, 0.15) is 11.5 Å². The van der Waals surface area contributed by atoms with E-state index in [4.69, 9.17) is 9.37 Å². The van der Waals surface area contributed by atoms with E-state index in [1.54, 1.807) is 18.0 Å². The van der Waals surface area contributed by atoms with Crippen LogP contribution in [0.4, 0.5) is 5.69 Å². The van der Waals surface area contributed by atoms with Gasteiger partial charge < -0.3 is 9.64 Å². The van der Waals surface area contributed by atoms with Crippen LogP contribution in [0.25, 0.3) is 11.0 Å². The summed E-state index contributed by atoms with van der Waals surface area (Å²) in [5.74, 6) is -0.510. The van der Waals surface area contributed by atoms with E-state index < -0.39 is 16.0 Å². The zero-order chi connectivity index (χ0) is 17.9. The van der Waals surface area contributed by atoms with Gasteiger partial charge in [-0.1, -0.05) is 6.58 Å². The summed E-state index contributed by atoms with van der Waals surface area (Å²) < 4.78 is 35.4. The molecule has 9 nitrogen and oxygen atoms in total. The van der Waals surface area contributed by atoms with Crippen molar-refractivity contribution in [1.29, 1.82) is 0 Å². The van der Waals surface area contributed by atoms with Crippen LogP contribution in [-0.2, 0) is 19.6 Å². The van der Waals surface area contributed by atoms with E-state index in [1.165, 1.54) is 20.2 Å². The highest BCUT2D eigenvalue weighted by Gasteiger charge is 2.25. The summed E-state index contributed by atoms with van der Waals surface area (Å²) >= 11 is 0. The van der Waals surface area contributed by atoms with E-state index in [2.05, 4.69) is 16.9 Å². The molecule has 0 unspecified atom stereocenters. The lowest BCUT2D eigenvalue weighted by Crippen LogP contribution is -2.25. The summed E-state index contributed by atoms with van der Waals surface area (Å²) in [7, 11) is 0.946. The minimum absolute atomic E-state index is 0.0129. The lowest BCUT2D eigenvalue weighted by Gasteiger charge is -2.19. The molecular weight excluding hydrogens is 336 g/mol. The second-order valence-corrected chi connectivity index (χ2v) is 7.25. The van der Waals surface area contributed by atoms with Crippen molar-refractivity contribution in [3.05, 3.63) is 24.8 Å². The molecule has 0 bridgehead atoms. The third-order valence-electron chi connectivity index (χ3n) is 3.36. The van der Waals surface area contributed by atoms with Crippen molar-refractivity contribution in [1.82, 2.24) is 14.6 Å². The molecule has 0 aliphatic carbocycles. The molecule has 0 N–H and O–H groups in total. The Morgan fingerprint density at radius 3 is 2.58 bits per heavy atom. The maximum absolute atomic E-state index is 12.3. The predicted octanol–water partition coefficient (Wildman–Crippen LogP) is 0.638. The second kappa shape index (κ2) is 6.97. The van der Waals surface area contributed by atoms with Crippen molar-refractivity contribution in [2.75, 3.05) is 39.2 Å². The quantitative estimate of drug-likeness (QED) is 0.527. The van der Waals surface area contributed by atoms with Crippen molar-refractivity contribution in [2.45, 2.75) is 4.90 Å². The number of hydrogen-bond donors (Lipinski definition) is 0. The van der Waals surface area contributed by atoms with E-state index in [1.807, 2.05) is 0 Å². The molecule has 0 saturated carbocycles. The highest BCUT2D eigenvalue weighted by atomic mass is 32.2. The van der Waals surface area contributed by atoms with Gasteiger partial charge in [0.15, 0.2) is 11.0 Å². The minimum atomic E-state index is -3.68. The smallest absolute Gasteiger partial charge is 0.330 e. The monoisotopic (exact) mass is 354 g/mol. The van der Waals surface area contributed by atoms with Crippen LogP contribution in [0.5, 0.6) is 0 Å². The first-order valence-corrected chi connectivity index (χ1v) is 8.41. The molecule has 1 heterocycles. The van der Waals surface area contributed by atoms with Gasteiger partial charge in [-0.05, 0) is 22.4 Å². The topological polar surface area (TPSA) is 106 Å². The van der Waals surface area contributed by atoms with Gasteiger partial charge in [0.25, 0.3) is 0 Å². The molecule has 130 valence electrons. The Labute approximate surface area is 139 Å². The third-order valence-corrected chi connectivity index (χ3v) is 5.21. The van der Waals surface area contributed by atoms with E-state index >= 15 is 0 Å². The average molecular weight is 354 g/mol. The summed E-state index contributed by atoms with van der Waals surface area (Å²) in [5, 5.41) is 7.51. The number of esters is 1. The van der Waals surface area contributed by atoms with Crippen molar-refractivity contribution in [3.63, 3.8) is 0 Å². The van der Waals surface area contributed by atoms with Crippen molar-refractivity contribution in [2.24, 2.45) is 0 Å². The molecule has 2 aromatic rings. The second-order valence-electron chi connectivity index (χ2n) is 5.12. The van der Waals surface area contributed by atoms with Crippen molar-refractivity contribution < 1.29 is 22.6 Å². The van der Waals surface area contributed by atoms with Crippen LogP contribution in [0.15, 0.2) is 34.3 Å². The Morgan fingerprint density at radius 2 is 1.96 bits per heavy atom. The molecule has 10 heteroatoms. The van der Waals surface area contributed by atoms with Gasteiger partial charge in [0, 0.05) is 27.2 Å². The number of likely N-dealkylation sites (N-methyl/N-ethyl adjacent to an activating group) is 1. The van der Waals surface area contributed by atoms with Crippen molar-refractivity contribution >= 4 is 32.7 Å². The number of benzene rings is 1. The number of aromatic nitrogens is 2. The number of carbonyl (C=O) groups excluding carboxylic acids is 1. The summed E-state index contributed by atoms with van der Waals surface area (Å²) in [4.78, 5) is 12.8. The summed E-state index contributed by atoms with van der Waals surface area (Å²) in [6, 6.07) is 3.06. The highest BCUT2D eigenvalue weighted by Crippen LogP contribution is 2.29. The molecule has 0 spiro atoms. The number of fused-ring (bicyclic) bond motifs is 1. The van der Waals surface area contributed by atoms with Gasteiger partial charge in [-0.15, -0.1) is 0 Å². The first-order chi connectivity index (χ1) is 11.3. The third kappa shape index (κ3) is 3.39. The summed E-state index contributed by atoms with van der Waals surface area (Å²) in [6.45, 7) is 3.84. The fourth-order valence-electron chi connectivity index (χ4n) is 2.01. The highest BCUT2D eigenvalue weighted by molar-refractivity contribution is 7.89. The first-order valence-electron chi connectivity index (χ1n) is 6.97. The molecule has 0 aliphatic heterocycles. The van der Waals surface area contributed by atoms with Gasteiger partial charge in [-0.25, -0.2) is 22.1 Å². The molecule has 0 saturated heterocycles. The van der Waals surface area contributed by atoms with Crippen LogP contribution in [0, 0.1) is 0 Å². The Morgan fingerprint density at radius 1 is 1.29 bits per heavy atom. The Bertz CT molecular complexity index is 859. The molecule has 0 fully saturated rings. The van der Waals surface area contributed by atoms with E-state index in [9.17, 15) is 13.2 Å². The number of hydrogen-bond acceptors (Lipinski definition) is 8. The van der Waals surface area contributed by atoms with Gasteiger partial charge in [0.2, 0.25) is 10.0 Å². The zero-order valence-corrected chi connectivity index (χ0v) is 14.4. The minimum Gasteiger partial charge on any atom is -0.461 e. The Balaban J connectivity index is 2.33. The summed E-state index contributed by atoms with van der Waals surface area (Å²) in [5.41, 5.74) is 1.07. The fourth-order valence-corrected chi connectivity index (χ4v) is 3.02. The number of ether oxygens (including phenoxy) is 1. The van der Waals surface area contributed by atoms with Crippen LogP contribution in [0.1, 0.15) is 0 Å². The van der Waals surface area contributed by atoms with Crippen LogP contribution < -0.4 is 4.90 Å². The first kappa shape index (κ1) is 17.9. The Kier molecular flexibility index (Phi) is 5.20. The number of anilines is 1. The van der Waals surface area contributed by atoms with E-state index in [-0.39, 0.29) is 17.0 Å². The van der Waals surface area contributed by atoms with Crippen molar-refractivity contribution in [3.8, 4) is 0 Å². The molecular formula is C14H18N4O5S. The molecule has 0 radical (unpaired) electrons. The van der Waals surface area contributed by atoms with E-state index in [0.717, 1.165) is 10.4 Å². The SMILES string of the molecule is C=CC(=O)OCCN(C)c1ccc(S(=O)(=O)N(C)C)c2nonc12. The van der Waals surface area contributed by atoms with Crippen LogP contribution in [-0.4, -0.2) is 63.3 Å². The average Bonchev–Trinajstić information content (AvgIpc) is 3.02. The van der Waals surface area contributed by atoms with Gasteiger partial charge in [-0.3, -0.25) is 0 Å². The zero-order valence-electron chi connectivity index (χ0n) is 13.6. The molecule has 0 atom stereocenters. The van der Waals surface area contributed by atoms with Crippen LogP contribution >= 0.6 is 0 Å². The fraction of sp³-hybridized carbons (Fsp3) is 0.357. The molecule has 0 amide bonds. The van der Waals surface area contributed by atoms with Gasteiger partial charge >= 0.3 is 5.97 Å². The number of sulfonamides is 1. The normalized spacial score (nSPS) is 11.7. The molecule has 1 aromatic carbocycles. The maximum Gasteiger partial charge on any atom is 0.330 e. The number of rotatable bonds is 7. The van der Waals surface area contributed by atoms with Gasteiger partial charge in [0.05, 0.1) is 12.2 Å². The number of carbonyl (C=O) groups is 1. The van der Waals surface area contributed by atoms with E-state index in [0.29, 0.717) is 17.7 Å². The molecule has 2 rings (SSSR count). The predicted molar refractivity (Wildman–Crippen MR) is 87.1 cm³/mol. The largest absolute Gasteiger partial charge is 0.461 e.